The van der Waals surface area contributed by atoms with E-state index in [1.54, 1.807) is 12.1 Å². The Kier molecular flexibility index (Phi) is 2.79. The van der Waals surface area contributed by atoms with Crippen LogP contribution in [0.1, 0.15) is 37.3 Å². The highest BCUT2D eigenvalue weighted by Gasteiger charge is 2.07. The predicted octanol–water partition coefficient (Wildman–Crippen LogP) is 3.75. The van der Waals surface area contributed by atoms with Crippen molar-refractivity contribution in [2.24, 2.45) is 0 Å². The van der Waals surface area contributed by atoms with Crippen LogP contribution in [0.5, 0.6) is 0 Å². The minimum Gasteiger partial charge on any atom is -0.205 e. The van der Waals surface area contributed by atoms with Gasteiger partial charge in [-0.1, -0.05) is 32.0 Å². The molecule has 0 N–H and O–H groups in total. The second kappa shape index (κ2) is 3.65. The topological polar surface area (TPSA) is 0 Å². The van der Waals surface area contributed by atoms with Crippen molar-refractivity contribution in [1.29, 1.82) is 0 Å². The minimum absolute atomic E-state index is 0.112. The summed E-state index contributed by atoms with van der Waals surface area (Å²) >= 11 is 0. The van der Waals surface area contributed by atoms with Crippen molar-refractivity contribution in [2.75, 3.05) is 0 Å². The van der Waals surface area contributed by atoms with E-state index in [1.807, 2.05) is 19.9 Å². The summed E-state index contributed by atoms with van der Waals surface area (Å²) in [7, 11) is 0. The summed E-state index contributed by atoms with van der Waals surface area (Å²) in [4.78, 5) is 0. The minimum atomic E-state index is -2.36. The third kappa shape index (κ3) is 2.03. The molecule has 0 bridgehead atoms. The van der Waals surface area contributed by atoms with Gasteiger partial charge in [0.1, 0.15) is 0 Å². The molecule has 0 radical (unpaired) electrons. The molecule has 1 rings (SSSR count). The van der Waals surface area contributed by atoms with Gasteiger partial charge < -0.3 is 0 Å². The van der Waals surface area contributed by atoms with Crippen LogP contribution < -0.4 is 0 Å². The van der Waals surface area contributed by atoms with Crippen LogP contribution in [-0.2, 0) is 0 Å². The molecule has 0 aliphatic carbocycles. The van der Waals surface area contributed by atoms with Crippen LogP contribution in [0, 0.1) is 0 Å². The average Bonchev–Trinajstić information content (AvgIpc) is 2.04. The maximum Gasteiger partial charge on any atom is 0.263 e. The molecule has 0 aliphatic rings. The van der Waals surface area contributed by atoms with Crippen LogP contribution in [0.4, 0.5) is 8.78 Å². The molecule has 0 unspecified atom stereocenters. The molecule has 0 saturated carbocycles. The van der Waals surface area contributed by atoms with E-state index >= 15 is 0 Å². The van der Waals surface area contributed by atoms with E-state index in [4.69, 9.17) is 0 Å². The Bertz CT molecular complexity index is 231. The summed E-state index contributed by atoms with van der Waals surface area (Å²) in [6.45, 7) is 3.98. The van der Waals surface area contributed by atoms with E-state index in [2.05, 4.69) is 0 Å². The van der Waals surface area contributed by atoms with Crippen molar-refractivity contribution in [3.05, 3.63) is 35.4 Å². The van der Waals surface area contributed by atoms with Crippen molar-refractivity contribution < 1.29 is 8.78 Å². The lowest BCUT2D eigenvalue weighted by atomic mass is 10.0. The fraction of sp³-hybridized carbons (Fsp3) is 0.400. The molecule has 1 aromatic rings. The van der Waals surface area contributed by atoms with E-state index < -0.39 is 6.43 Å². The third-order valence-corrected chi connectivity index (χ3v) is 1.83. The van der Waals surface area contributed by atoms with Gasteiger partial charge in [0.2, 0.25) is 0 Å². The first-order chi connectivity index (χ1) is 5.61. The zero-order valence-corrected chi connectivity index (χ0v) is 7.22. The highest BCUT2D eigenvalue weighted by Crippen LogP contribution is 2.22. The van der Waals surface area contributed by atoms with Crippen LogP contribution in [0.3, 0.4) is 0 Å². The molecule has 0 saturated heterocycles. The van der Waals surface area contributed by atoms with Gasteiger partial charge in [-0.25, -0.2) is 8.78 Å². The molecule has 66 valence electrons. The van der Waals surface area contributed by atoms with Gasteiger partial charge in [0.25, 0.3) is 6.43 Å². The SMILES string of the molecule is CC(C)c1cccc(C(F)F)c1. The van der Waals surface area contributed by atoms with E-state index in [0.29, 0.717) is 5.92 Å². The Hall–Kier alpha value is -0.920. The van der Waals surface area contributed by atoms with Crippen molar-refractivity contribution in [3.63, 3.8) is 0 Å². The normalized spacial score (nSPS) is 11.2. The molecule has 0 spiro atoms. The Balaban J connectivity index is 2.96. The van der Waals surface area contributed by atoms with Gasteiger partial charge in [-0.05, 0) is 17.5 Å². The number of hydrogen-bond donors (Lipinski definition) is 0. The third-order valence-electron chi connectivity index (χ3n) is 1.83. The first-order valence-electron chi connectivity index (χ1n) is 3.99. The summed E-state index contributed by atoms with van der Waals surface area (Å²) in [5, 5.41) is 0. The smallest absolute Gasteiger partial charge is 0.205 e. The molecule has 0 atom stereocenters. The molecule has 0 amide bonds. The van der Waals surface area contributed by atoms with Gasteiger partial charge >= 0.3 is 0 Å². The Morgan fingerprint density at radius 1 is 1.08 bits per heavy atom. The summed E-state index contributed by atoms with van der Waals surface area (Å²) in [5.41, 5.74) is 1.08. The molecular formula is C10H12F2. The van der Waals surface area contributed by atoms with Crippen LogP contribution in [-0.4, -0.2) is 0 Å². The van der Waals surface area contributed by atoms with Crippen LogP contribution in [0.2, 0.25) is 0 Å². The van der Waals surface area contributed by atoms with Gasteiger partial charge in [0, 0.05) is 5.56 Å². The van der Waals surface area contributed by atoms with E-state index in [-0.39, 0.29) is 5.56 Å². The number of benzene rings is 1. The van der Waals surface area contributed by atoms with Gasteiger partial charge in [-0.2, -0.15) is 0 Å². The monoisotopic (exact) mass is 170 g/mol. The maximum absolute atomic E-state index is 12.2. The molecule has 12 heavy (non-hydrogen) atoms. The summed E-state index contributed by atoms with van der Waals surface area (Å²) in [6, 6.07) is 6.57. The standard InChI is InChI=1S/C10H12F2/c1-7(2)8-4-3-5-9(6-8)10(11)12/h3-7,10H,1-2H3. The molecule has 0 aromatic heterocycles. The van der Waals surface area contributed by atoms with Crippen molar-refractivity contribution in [2.45, 2.75) is 26.2 Å². The highest BCUT2D eigenvalue weighted by atomic mass is 19.3. The van der Waals surface area contributed by atoms with Crippen LogP contribution in [0.15, 0.2) is 24.3 Å². The maximum atomic E-state index is 12.2. The fourth-order valence-corrected chi connectivity index (χ4v) is 1.05. The van der Waals surface area contributed by atoms with E-state index in [9.17, 15) is 8.78 Å². The second-order valence-electron chi connectivity index (χ2n) is 3.13. The lowest BCUT2D eigenvalue weighted by Crippen LogP contribution is -1.90. The molecule has 0 heterocycles. The quantitative estimate of drug-likeness (QED) is 0.634. The fourth-order valence-electron chi connectivity index (χ4n) is 1.05. The zero-order chi connectivity index (χ0) is 9.14. The van der Waals surface area contributed by atoms with E-state index in [0.717, 1.165) is 5.56 Å². The molecule has 0 fully saturated rings. The Morgan fingerprint density at radius 2 is 1.67 bits per heavy atom. The van der Waals surface area contributed by atoms with Crippen LogP contribution in [0.25, 0.3) is 0 Å². The lowest BCUT2D eigenvalue weighted by molar-refractivity contribution is 0.151. The van der Waals surface area contributed by atoms with E-state index in [1.165, 1.54) is 6.07 Å². The summed E-state index contributed by atoms with van der Waals surface area (Å²) < 4.78 is 24.4. The average molecular weight is 170 g/mol. The largest absolute Gasteiger partial charge is 0.263 e. The first-order valence-corrected chi connectivity index (χ1v) is 3.99. The molecule has 0 nitrogen and oxygen atoms in total. The Morgan fingerprint density at radius 3 is 2.17 bits per heavy atom. The number of hydrogen-bond acceptors (Lipinski definition) is 0. The zero-order valence-electron chi connectivity index (χ0n) is 7.22. The number of halogens is 2. The summed E-state index contributed by atoms with van der Waals surface area (Å²) in [6.07, 6.45) is -2.36. The first kappa shape index (κ1) is 9.17. The van der Waals surface area contributed by atoms with Crippen LogP contribution >= 0.6 is 0 Å². The summed E-state index contributed by atoms with van der Waals surface area (Å²) in [5.74, 6) is 0.309. The van der Waals surface area contributed by atoms with Gasteiger partial charge in [-0.3, -0.25) is 0 Å². The predicted molar refractivity (Wildman–Crippen MR) is 45.5 cm³/mol. The molecule has 1 aromatic carbocycles. The number of alkyl halides is 2. The molecule has 2 heteroatoms. The van der Waals surface area contributed by atoms with Crippen molar-refractivity contribution >= 4 is 0 Å². The Labute approximate surface area is 71.2 Å². The molecular weight excluding hydrogens is 158 g/mol. The molecule has 0 aliphatic heterocycles. The second-order valence-corrected chi connectivity index (χ2v) is 3.13. The highest BCUT2D eigenvalue weighted by molar-refractivity contribution is 5.26. The lowest BCUT2D eigenvalue weighted by Gasteiger charge is -2.06. The van der Waals surface area contributed by atoms with Gasteiger partial charge in [0.05, 0.1) is 0 Å². The van der Waals surface area contributed by atoms with Crippen molar-refractivity contribution in [3.8, 4) is 0 Å². The number of rotatable bonds is 2. The van der Waals surface area contributed by atoms with Gasteiger partial charge in [0.15, 0.2) is 0 Å². The van der Waals surface area contributed by atoms with Gasteiger partial charge in [-0.15, -0.1) is 0 Å². The van der Waals surface area contributed by atoms with Crippen molar-refractivity contribution in [1.82, 2.24) is 0 Å².